The summed E-state index contributed by atoms with van der Waals surface area (Å²) in [4.78, 5) is 28.3. The lowest BCUT2D eigenvalue weighted by Crippen LogP contribution is -2.28. The van der Waals surface area contributed by atoms with Gasteiger partial charge in [-0.3, -0.25) is 9.48 Å². The molecule has 58 heavy (non-hydrogen) atoms. The Bertz CT molecular complexity index is 2240. The fraction of sp³-hybridized carbons (Fsp3) is 0.366. The summed E-state index contributed by atoms with van der Waals surface area (Å²) in [5, 5.41) is 4.40. The summed E-state index contributed by atoms with van der Waals surface area (Å²) in [6.45, 7) is 2.35. The Morgan fingerprint density at radius 1 is 0.966 bits per heavy atom. The predicted octanol–water partition coefficient (Wildman–Crippen LogP) is 9.59. The Labute approximate surface area is 354 Å². The molecule has 0 spiro atoms. The van der Waals surface area contributed by atoms with Crippen LogP contribution in [0.2, 0.25) is 10.0 Å². The minimum atomic E-state index is -4.70. The molecule has 0 N–H and O–H groups in total. The van der Waals surface area contributed by atoms with Gasteiger partial charge in [0, 0.05) is 68.9 Å². The number of carbonyl (C=O) groups is 1. The average Bonchev–Trinajstić information content (AvgIpc) is 3.36. The predicted molar refractivity (Wildman–Crippen MR) is 225 cm³/mol. The van der Waals surface area contributed by atoms with E-state index in [1.165, 1.54) is 34.5 Å². The summed E-state index contributed by atoms with van der Waals surface area (Å²) < 4.78 is 57.6. The third kappa shape index (κ3) is 8.82. The van der Waals surface area contributed by atoms with Crippen molar-refractivity contribution in [2.75, 3.05) is 50.9 Å². The highest BCUT2D eigenvalue weighted by atomic mass is 35.5. The first-order chi connectivity index (χ1) is 27.8. The van der Waals surface area contributed by atoms with Crippen LogP contribution in [0.4, 0.5) is 24.7 Å². The van der Waals surface area contributed by atoms with E-state index in [4.69, 9.17) is 42.6 Å². The lowest BCUT2D eigenvalue weighted by molar-refractivity contribution is -0.138. The standard InChI is InChI=1S/C41H42Cl2F3N7O3S2/c1-50(2)39(54)37-36(43)33-22-51(15-6-16-53(33)49-37)38-30-23-58-34(19-32(30)47-40(48-38)57-5)29-17-26(18-31(42)35(29)41(44,45)46)52(20-24-7-11-27(55-3)12-8-24)21-25-9-13-28(56-4)14-10-25/h7-14,17-18,34H,6,15-16,19-23H2,1-5H3. The number of anilines is 2. The fourth-order valence-corrected chi connectivity index (χ4v) is 9.57. The molecule has 0 fully saturated rings. The van der Waals surface area contributed by atoms with Crippen LogP contribution in [0.5, 0.6) is 11.5 Å². The number of methoxy groups -OCH3 is 2. The van der Waals surface area contributed by atoms with Gasteiger partial charge in [-0.05, 0) is 65.8 Å². The van der Waals surface area contributed by atoms with Gasteiger partial charge < -0.3 is 24.2 Å². The highest BCUT2D eigenvalue weighted by Crippen LogP contribution is 2.50. The quantitative estimate of drug-likeness (QED) is 0.0945. The van der Waals surface area contributed by atoms with Crippen LogP contribution in [0, 0.1) is 0 Å². The number of carbonyl (C=O) groups excluding carboxylic acids is 1. The maximum atomic E-state index is 15.0. The number of ether oxygens (including phenoxy) is 2. The molecule has 1 atom stereocenters. The minimum absolute atomic E-state index is 0.106. The van der Waals surface area contributed by atoms with Crippen molar-refractivity contribution in [2.24, 2.45) is 0 Å². The van der Waals surface area contributed by atoms with Crippen molar-refractivity contribution in [1.82, 2.24) is 24.6 Å². The molecular weight excluding hydrogens is 831 g/mol. The number of amides is 1. The molecule has 0 saturated carbocycles. The van der Waals surface area contributed by atoms with Crippen molar-refractivity contribution >= 4 is 64.1 Å². The number of hydrogen-bond acceptors (Lipinski definition) is 10. The van der Waals surface area contributed by atoms with E-state index in [1.807, 2.05) is 59.7 Å². The molecule has 7 rings (SSSR count). The van der Waals surface area contributed by atoms with Crippen molar-refractivity contribution in [1.29, 1.82) is 0 Å². The van der Waals surface area contributed by atoms with Gasteiger partial charge in [-0.1, -0.05) is 59.2 Å². The van der Waals surface area contributed by atoms with Crippen LogP contribution in [-0.2, 0) is 44.5 Å². The summed E-state index contributed by atoms with van der Waals surface area (Å²) in [7, 11) is 6.50. The molecule has 306 valence electrons. The van der Waals surface area contributed by atoms with Gasteiger partial charge in [-0.2, -0.15) is 18.3 Å². The highest BCUT2D eigenvalue weighted by molar-refractivity contribution is 7.99. The molecule has 3 aromatic carbocycles. The molecule has 2 aliphatic heterocycles. The average molecular weight is 873 g/mol. The summed E-state index contributed by atoms with van der Waals surface area (Å²) in [6, 6.07) is 18.3. The van der Waals surface area contributed by atoms with Crippen molar-refractivity contribution in [2.45, 2.75) is 61.4 Å². The Morgan fingerprint density at radius 3 is 2.17 bits per heavy atom. The number of aryl methyl sites for hydroxylation is 1. The maximum absolute atomic E-state index is 15.0. The third-order valence-corrected chi connectivity index (χ3v) is 12.8. The van der Waals surface area contributed by atoms with E-state index in [2.05, 4.69) is 10.00 Å². The number of halogens is 5. The van der Waals surface area contributed by atoms with Gasteiger partial charge in [-0.15, -0.1) is 11.8 Å². The molecule has 0 radical (unpaired) electrons. The van der Waals surface area contributed by atoms with Crippen LogP contribution in [0.3, 0.4) is 0 Å². The van der Waals surface area contributed by atoms with Gasteiger partial charge in [0.15, 0.2) is 10.9 Å². The number of nitrogens with zero attached hydrogens (tertiary/aromatic N) is 7. The van der Waals surface area contributed by atoms with Crippen LogP contribution >= 0.6 is 46.7 Å². The number of hydrogen-bond donors (Lipinski definition) is 0. The topological polar surface area (TPSA) is 88.9 Å². The van der Waals surface area contributed by atoms with Gasteiger partial charge in [0.2, 0.25) is 0 Å². The van der Waals surface area contributed by atoms with Gasteiger partial charge in [-0.25, -0.2) is 9.97 Å². The Kier molecular flexibility index (Phi) is 12.6. The Morgan fingerprint density at radius 2 is 1.60 bits per heavy atom. The highest BCUT2D eigenvalue weighted by Gasteiger charge is 2.40. The van der Waals surface area contributed by atoms with E-state index < -0.39 is 17.0 Å². The van der Waals surface area contributed by atoms with Crippen molar-refractivity contribution in [3.63, 3.8) is 0 Å². The van der Waals surface area contributed by atoms with Crippen molar-refractivity contribution in [3.8, 4) is 11.5 Å². The van der Waals surface area contributed by atoms with Crippen LogP contribution in [0.15, 0.2) is 65.8 Å². The normalized spacial score (nSPS) is 15.3. The SMILES string of the molecule is COc1ccc(CN(Cc2ccc(OC)cc2)c2cc(Cl)c(C(F)(F)F)c(C3Cc4nc(SC)nc(N5CCCn6nc(C(=O)N(C)C)c(Cl)c6C5)c4CS3)c2)cc1. The van der Waals surface area contributed by atoms with Gasteiger partial charge in [0.05, 0.1) is 47.8 Å². The molecule has 5 aromatic rings. The van der Waals surface area contributed by atoms with Gasteiger partial charge >= 0.3 is 6.18 Å². The lowest BCUT2D eigenvalue weighted by Gasteiger charge is -2.32. The molecule has 2 aromatic heterocycles. The van der Waals surface area contributed by atoms with Crippen LogP contribution in [0.1, 0.15) is 61.4 Å². The smallest absolute Gasteiger partial charge is 0.418 e. The maximum Gasteiger partial charge on any atom is 0.418 e. The zero-order chi connectivity index (χ0) is 41.3. The van der Waals surface area contributed by atoms with Crippen molar-refractivity contribution < 1.29 is 27.4 Å². The molecule has 0 saturated heterocycles. The van der Waals surface area contributed by atoms with E-state index >= 15 is 13.2 Å². The number of alkyl halides is 3. The number of aromatic nitrogens is 4. The zero-order valence-corrected chi connectivity index (χ0v) is 35.7. The fourth-order valence-electron chi connectivity index (χ4n) is 7.28. The first kappa shape index (κ1) is 41.8. The minimum Gasteiger partial charge on any atom is -0.497 e. The molecule has 1 unspecified atom stereocenters. The molecule has 0 bridgehead atoms. The number of thioether (sulfide) groups is 2. The second kappa shape index (κ2) is 17.5. The molecule has 1 amide bonds. The van der Waals surface area contributed by atoms with E-state index in [0.717, 1.165) is 16.7 Å². The van der Waals surface area contributed by atoms with Gasteiger partial charge in [0.1, 0.15) is 17.3 Å². The number of fused-ring (bicyclic) bond motifs is 2. The Hall–Kier alpha value is -4.31. The monoisotopic (exact) mass is 871 g/mol. The van der Waals surface area contributed by atoms with Crippen LogP contribution in [-0.4, -0.2) is 71.7 Å². The third-order valence-electron chi connectivity index (χ3n) is 10.2. The zero-order valence-electron chi connectivity index (χ0n) is 32.6. The molecule has 10 nitrogen and oxygen atoms in total. The van der Waals surface area contributed by atoms with Gasteiger partial charge in [0.25, 0.3) is 5.91 Å². The molecule has 17 heteroatoms. The van der Waals surface area contributed by atoms with Crippen molar-refractivity contribution in [3.05, 3.63) is 116 Å². The first-order valence-corrected chi connectivity index (χ1v) is 21.5. The Balaban J connectivity index is 1.26. The second-order valence-electron chi connectivity index (χ2n) is 14.2. The molecule has 0 aliphatic carbocycles. The number of benzene rings is 3. The van der Waals surface area contributed by atoms with E-state index in [1.54, 1.807) is 39.1 Å². The second-order valence-corrected chi connectivity index (χ2v) is 17.0. The first-order valence-electron chi connectivity index (χ1n) is 18.5. The van der Waals surface area contributed by atoms with Crippen LogP contribution in [0.25, 0.3) is 0 Å². The molecule has 4 heterocycles. The summed E-state index contributed by atoms with van der Waals surface area (Å²) in [6.07, 6.45) is -1.88. The number of rotatable bonds is 11. The summed E-state index contributed by atoms with van der Waals surface area (Å²) >= 11 is 16.3. The summed E-state index contributed by atoms with van der Waals surface area (Å²) in [5.74, 6) is 2.20. The summed E-state index contributed by atoms with van der Waals surface area (Å²) in [5.41, 5.74) is 4.17. The van der Waals surface area contributed by atoms with E-state index in [-0.39, 0.29) is 28.6 Å². The largest absolute Gasteiger partial charge is 0.497 e. The lowest BCUT2D eigenvalue weighted by atomic mass is 9.97. The van der Waals surface area contributed by atoms with E-state index in [0.29, 0.717) is 89.5 Å². The molecule has 2 aliphatic rings. The van der Waals surface area contributed by atoms with Crippen LogP contribution < -0.4 is 19.3 Å². The van der Waals surface area contributed by atoms with E-state index in [9.17, 15) is 4.79 Å². The molecular formula is C41H42Cl2F3N7O3S2.